The van der Waals surface area contributed by atoms with Crippen LogP contribution in [0.5, 0.6) is 0 Å². The third kappa shape index (κ3) is 2.51. The van der Waals surface area contributed by atoms with Crippen LogP contribution < -0.4 is 5.73 Å². The fraction of sp³-hybridized carbons (Fsp3) is 0.692. The van der Waals surface area contributed by atoms with E-state index in [1.54, 1.807) is 0 Å². The van der Waals surface area contributed by atoms with E-state index in [2.05, 4.69) is 32.0 Å². The lowest BCUT2D eigenvalue weighted by Gasteiger charge is -2.37. The molecular weight excluding hydrogens is 274 g/mol. The molecule has 8 heteroatoms. The van der Waals surface area contributed by atoms with Crippen LogP contribution in [0.25, 0.3) is 11.6 Å². The molecule has 2 unspecified atom stereocenters. The number of anilines is 1. The van der Waals surface area contributed by atoms with Gasteiger partial charge in [-0.2, -0.15) is 4.98 Å². The van der Waals surface area contributed by atoms with Crippen molar-refractivity contribution in [2.45, 2.75) is 45.1 Å². The van der Waals surface area contributed by atoms with Gasteiger partial charge in [0.25, 0.3) is 5.89 Å². The first-order valence-corrected chi connectivity index (χ1v) is 7.21. The molecule has 1 saturated carbocycles. The first-order valence-electron chi connectivity index (χ1n) is 7.21. The number of hydrogen-bond acceptors (Lipinski definition) is 8. The summed E-state index contributed by atoms with van der Waals surface area (Å²) in [6.07, 6.45) is 4.04. The van der Waals surface area contributed by atoms with Crippen molar-refractivity contribution >= 4 is 5.82 Å². The van der Waals surface area contributed by atoms with E-state index in [4.69, 9.17) is 15.0 Å². The quantitative estimate of drug-likeness (QED) is 0.912. The lowest BCUT2D eigenvalue weighted by Crippen LogP contribution is -2.36. The monoisotopic (exact) mass is 293 g/mol. The molecule has 1 aliphatic rings. The van der Waals surface area contributed by atoms with Crippen LogP contribution in [0.1, 0.15) is 45.4 Å². The van der Waals surface area contributed by atoms with E-state index in [1.165, 1.54) is 6.42 Å². The van der Waals surface area contributed by atoms with Gasteiger partial charge in [0.15, 0.2) is 0 Å². The van der Waals surface area contributed by atoms with Crippen molar-refractivity contribution in [2.24, 2.45) is 5.92 Å². The Kier molecular flexibility index (Phi) is 3.62. The van der Waals surface area contributed by atoms with Crippen molar-refractivity contribution in [1.82, 2.24) is 20.5 Å². The average molecular weight is 293 g/mol. The molecule has 0 radical (unpaired) electrons. The summed E-state index contributed by atoms with van der Waals surface area (Å²) >= 11 is 0. The average Bonchev–Trinajstić information content (AvgIpc) is 3.07. The molecule has 0 bridgehead atoms. The van der Waals surface area contributed by atoms with E-state index >= 15 is 0 Å². The Balaban J connectivity index is 1.94. The first-order chi connectivity index (χ1) is 10.1. The molecule has 0 aliphatic heterocycles. The van der Waals surface area contributed by atoms with Crippen LogP contribution in [0.3, 0.4) is 0 Å². The van der Waals surface area contributed by atoms with Crippen molar-refractivity contribution in [3.8, 4) is 11.6 Å². The third-order valence-electron chi connectivity index (χ3n) is 3.93. The summed E-state index contributed by atoms with van der Waals surface area (Å²) in [7, 11) is 0. The lowest BCUT2D eigenvalue weighted by molar-refractivity contribution is -0.0891. The molecule has 0 aromatic carbocycles. The van der Waals surface area contributed by atoms with Crippen LogP contribution >= 0.6 is 0 Å². The number of nitrogen functional groups attached to an aromatic ring is 1. The molecule has 2 heterocycles. The Hall–Kier alpha value is -1.96. The molecule has 0 saturated heterocycles. The maximum absolute atomic E-state index is 6.01. The fourth-order valence-corrected chi connectivity index (χ4v) is 3.03. The maximum Gasteiger partial charge on any atom is 0.284 e. The van der Waals surface area contributed by atoms with E-state index < -0.39 is 5.60 Å². The number of nitrogens with zero attached hydrogens (tertiary/aromatic N) is 4. The van der Waals surface area contributed by atoms with Gasteiger partial charge in [-0.05, 0) is 42.4 Å². The minimum absolute atomic E-state index is 0.132. The van der Waals surface area contributed by atoms with E-state index in [0.29, 0.717) is 18.3 Å². The highest BCUT2D eigenvalue weighted by Crippen LogP contribution is 2.42. The van der Waals surface area contributed by atoms with Gasteiger partial charge in [-0.3, -0.25) is 0 Å². The highest BCUT2D eigenvalue weighted by atomic mass is 16.6. The summed E-state index contributed by atoms with van der Waals surface area (Å²) in [5.74, 6) is 1.45. The zero-order valence-electron chi connectivity index (χ0n) is 12.2. The van der Waals surface area contributed by atoms with Crippen LogP contribution in [0.4, 0.5) is 5.82 Å². The summed E-state index contributed by atoms with van der Waals surface area (Å²) in [6, 6.07) is 0. The van der Waals surface area contributed by atoms with Gasteiger partial charge in [0, 0.05) is 6.61 Å². The smallest absolute Gasteiger partial charge is 0.284 e. The van der Waals surface area contributed by atoms with E-state index in [0.717, 1.165) is 19.3 Å². The zero-order chi connectivity index (χ0) is 14.9. The van der Waals surface area contributed by atoms with Gasteiger partial charge >= 0.3 is 0 Å². The van der Waals surface area contributed by atoms with Crippen LogP contribution in [0.15, 0.2) is 9.15 Å². The molecule has 2 aromatic rings. The molecule has 2 atom stereocenters. The predicted molar refractivity (Wildman–Crippen MR) is 72.9 cm³/mol. The highest BCUT2D eigenvalue weighted by molar-refractivity contribution is 5.60. The molecule has 2 N–H and O–H groups in total. The van der Waals surface area contributed by atoms with Crippen LogP contribution in [0.2, 0.25) is 0 Å². The largest absolute Gasteiger partial charge is 0.379 e. The molecule has 0 amide bonds. The number of ether oxygens (including phenoxy) is 1. The summed E-state index contributed by atoms with van der Waals surface area (Å²) in [6.45, 7) is 4.79. The minimum atomic E-state index is -0.486. The normalized spacial score (nSPS) is 26.1. The SMILES string of the molecule is CCOC1(c2noc(-c3nonc3N)n2)CCCC(C)C1. The molecule has 1 fully saturated rings. The van der Waals surface area contributed by atoms with Crippen molar-refractivity contribution in [1.29, 1.82) is 0 Å². The van der Waals surface area contributed by atoms with Crippen molar-refractivity contribution in [2.75, 3.05) is 12.3 Å². The molecule has 2 aromatic heterocycles. The molecule has 3 rings (SSSR count). The van der Waals surface area contributed by atoms with Crippen molar-refractivity contribution < 1.29 is 13.9 Å². The first kappa shape index (κ1) is 14.0. The Morgan fingerprint density at radius 3 is 2.90 bits per heavy atom. The summed E-state index contributed by atoms with van der Waals surface area (Å²) in [5, 5.41) is 11.3. The van der Waals surface area contributed by atoms with E-state index in [1.807, 2.05) is 6.92 Å². The van der Waals surface area contributed by atoms with Gasteiger partial charge in [0.05, 0.1) is 0 Å². The highest BCUT2D eigenvalue weighted by Gasteiger charge is 2.42. The van der Waals surface area contributed by atoms with Gasteiger partial charge in [-0.15, -0.1) is 0 Å². The third-order valence-corrected chi connectivity index (χ3v) is 3.93. The van der Waals surface area contributed by atoms with Gasteiger partial charge in [-0.1, -0.05) is 18.5 Å². The number of aromatic nitrogens is 4. The second-order valence-electron chi connectivity index (χ2n) is 5.55. The zero-order valence-corrected chi connectivity index (χ0v) is 12.2. The Morgan fingerprint density at radius 1 is 1.38 bits per heavy atom. The molecule has 0 spiro atoms. The minimum Gasteiger partial charge on any atom is -0.379 e. The summed E-state index contributed by atoms with van der Waals surface area (Å²) in [5.41, 5.74) is 5.43. The van der Waals surface area contributed by atoms with Gasteiger partial charge < -0.3 is 15.0 Å². The number of hydrogen-bond donors (Lipinski definition) is 1. The molecule has 21 heavy (non-hydrogen) atoms. The van der Waals surface area contributed by atoms with E-state index in [-0.39, 0.29) is 17.4 Å². The Labute approximate surface area is 122 Å². The lowest BCUT2D eigenvalue weighted by atomic mass is 9.78. The Bertz CT molecular complexity index is 606. The second kappa shape index (κ2) is 5.44. The van der Waals surface area contributed by atoms with Gasteiger partial charge in [0.2, 0.25) is 17.3 Å². The van der Waals surface area contributed by atoms with Crippen LogP contribution in [-0.2, 0) is 10.3 Å². The second-order valence-corrected chi connectivity index (χ2v) is 5.55. The summed E-state index contributed by atoms with van der Waals surface area (Å²) < 4.78 is 15.8. The number of nitrogens with two attached hydrogens (primary N) is 1. The maximum atomic E-state index is 6.01. The fourth-order valence-electron chi connectivity index (χ4n) is 3.03. The van der Waals surface area contributed by atoms with Crippen LogP contribution in [-0.4, -0.2) is 27.1 Å². The molecular formula is C13H19N5O3. The number of rotatable bonds is 4. The Morgan fingerprint density at radius 2 is 2.24 bits per heavy atom. The van der Waals surface area contributed by atoms with Crippen molar-refractivity contribution in [3.05, 3.63) is 5.82 Å². The molecule has 1 aliphatic carbocycles. The predicted octanol–water partition coefficient (Wildman–Crippen LogP) is 2.14. The molecule has 8 nitrogen and oxygen atoms in total. The van der Waals surface area contributed by atoms with Gasteiger partial charge in [0.1, 0.15) is 5.60 Å². The van der Waals surface area contributed by atoms with Crippen LogP contribution in [0, 0.1) is 5.92 Å². The standard InChI is InChI=1S/C13H19N5O3/c1-3-19-13(6-4-5-8(2)7-13)12-15-11(20-18-12)9-10(14)17-21-16-9/h8H,3-7H2,1-2H3,(H2,14,17). The van der Waals surface area contributed by atoms with Gasteiger partial charge in [-0.25, -0.2) is 4.63 Å². The van der Waals surface area contributed by atoms with E-state index in [9.17, 15) is 0 Å². The molecule has 114 valence electrons. The topological polar surface area (TPSA) is 113 Å². The van der Waals surface area contributed by atoms with Crippen molar-refractivity contribution in [3.63, 3.8) is 0 Å². The summed E-state index contributed by atoms with van der Waals surface area (Å²) in [4.78, 5) is 4.42.